The van der Waals surface area contributed by atoms with Crippen LogP contribution in [0, 0.1) is 5.92 Å². The lowest BCUT2D eigenvalue weighted by Crippen LogP contribution is -2.37. The summed E-state index contributed by atoms with van der Waals surface area (Å²) in [7, 11) is 0. The largest absolute Gasteiger partial charge is 0.389 e. The molecule has 1 aromatic heterocycles. The van der Waals surface area contributed by atoms with Crippen LogP contribution in [0.15, 0.2) is 35.8 Å². The minimum absolute atomic E-state index is 0.140. The molecule has 2 amide bonds. The van der Waals surface area contributed by atoms with Crippen LogP contribution in [0.2, 0.25) is 0 Å². The molecule has 0 aliphatic heterocycles. The Hall–Kier alpha value is -1.96. The molecule has 0 aliphatic rings. The standard InChI is InChI=1S/C17H23N3O3S/c1-12(2)10-23-11-15(21)9-19-17(22)20-14-5-3-13(4-6-14)16-18-7-8-24-16/h3-8,12,15,21H,9-11H2,1-2H3,(H2,19,20,22). The van der Waals surface area contributed by atoms with Gasteiger partial charge in [-0.1, -0.05) is 13.8 Å². The lowest BCUT2D eigenvalue weighted by atomic mass is 10.2. The summed E-state index contributed by atoms with van der Waals surface area (Å²) in [5, 5.41) is 18.0. The van der Waals surface area contributed by atoms with E-state index in [1.165, 1.54) is 0 Å². The Morgan fingerprint density at radius 3 is 2.67 bits per heavy atom. The fraction of sp³-hybridized carbons (Fsp3) is 0.412. The van der Waals surface area contributed by atoms with Crippen LogP contribution in [0.3, 0.4) is 0 Å². The van der Waals surface area contributed by atoms with Gasteiger partial charge >= 0.3 is 6.03 Å². The number of hydrogen-bond acceptors (Lipinski definition) is 5. The maximum Gasteiger partial charge on any atom is 0.319 e. The topological polar surface area (TPSA) is 83.5 Å². The highest BCUT2D eigenvalue weighted by atomic mass is 32.1. The van der Waals surface area contributed by atoms with Crippen LogP contribution in [0.1, 0.15) is 13.8 Å². The Balaban J connectivity index is 1.72. The maximum atomic E-state index is 11.8. The van der Waals surface area contributed by atoms with Crippen LogP contribution in [0.25, 0.3) is 10.6 Å². The third-order valence-electron chi connectivity index (χ3n) is 3.08. The molecule has 1 aromatic carbocycles. The van der Waals surface area contributed by atoms with E-state index in [1.807, 2.05) is 43.5 Å². The van der Waals surface area contributed by atoms with E-state index in [4.69, 9.17) is 4.74 Å². The SMILES string of the molecule is CC(C)COCC(O)CNC(=O)Nc1ccc(-c2nccs2)cc1. The molecule has 6 nitrogen and oxygen atoms in total. The number of rotatable bonds is 8. The number of benzene rings is 1. The molecule has 0 saturated heterocycles. The number of ether oxygens (including phenoxy) is 1. The number of hydrogen-bond donors (Lipinski definition) is 3. The Kier molecular flexibility index (Phi) is 7.17. The number of aromatic nitrogens is 1. The highest BCUT2D eigenvalue weighted by molar-refractivity contribution is 7.13. The number of aliphatic hydroxyl groups is 1. The molecule has 1 heterocycles. The van der Waals surface area contributed by atoms with Gasteiger partial charge in [-0.05, 0) is 30.2 Å². The van der Waals surface area contributed by atoms with Crippen molar-refractivity contribution in [3.63, 3.8) is 0 Å². The minimum atomic E-state index is -0.721. The molecule has 0 saturated carbocycles. The highest BCUT2D eigenvalue weighted by Crippen LogP contribution is 2.23. The van der Waals surface area contributed by atoms with E-state index in [0.29, 0.717) is 18.2 Å². The van der Waals surface area contributed by atoms with Gasteiger partial charge in [0.1, 0.15) is 5.01 Å². The number of carbonyl (C=O) groups excluding carboxylic acids is 1. The smallest absolute Gasteiger partial charge is 0.319 e. The predicted molar refractivity (Wildman–Crippen MR) is 96.2 cm³/mol. The molecule has 130 valence electrons. The number of nitrogens with one attached hydrogen (secondary N) is 2. The van der Waals surface area contributed by atoms with Gasteiger partial charge in [0.15, 0.2) is 0 Å². The summed E-state index contributed by atoms with van der Waals surface area (Å²) >= 11 is 1.56. The Morgan fingerprint density at radius 2 is 2.04 bits per heavy atom. The van der Waals surface area contributed by atoms with Crippen LogP contribution >= 0.6 is 11.3 Å². The fourth-order valence-corrected chi connectivity index (χ4v) is 2.59. The van der Waals surface area contributed by atoms with E-state index < -0.39 is 6.10 Å². The zero-order valence-corrected chi connectivity index (χ0v) is 14.7. The van der Waals surface area contributed by atoms with Gasteiger partial charge in [-0.15, -0.1) is 11.3 Å². The molecule has 0 spiro atoms. The molecule has 24 heavy (non-hydrogen) atoms. The number of aliphatic hydroxyl groups excluding tert-OH is 1. The predicted octanol–water partition coefficient (Wildman–Crippen LogP) is 2.97. The van der Waals surface area contributed by atoms with Gasteiger partial charge in [0.2, 0.25) is 0 Å². The first-order valence-corrected chi connectivity index (χ1v) is 8.73. The Bertz CT molecular complexity index is 615. The van der Waals surface area contributed by atoms with E-state index in [-0.39, 0.29) is 19.2 Å². The van der Waals surface area contributed by atoms with E-state index in [9.17, 15) is 9.90 Å². The Labute approximate surface area is 145 Å². The van der Waals surface area contributed by atoms with E-state index in [0.717, 1.165) is 10.6 Å². The maximum absolute atomic E-state index is 11.8. The fourth-order valence-electron chi connectivity index (χ4n) is 1.95. The molecule has 0 bridgehead atoms. The summed E-state index contributed by atoms with van der Waals surface area (Å²) in [4.78, 5) is 16.1. The monoisotopic (exact) mass is 349 g/mol. The normalized spacial score (nSPS) is 12.2. The van der Waals surface area contributed by atoms with Gasteiger partial charge in [0, 0.05) is 36.0 Å². The number of nitrogens with zero attached hydrogens (tertiary/aromatic N) is 1. The number of carbonyl (C=O) groups is 1. The van der Waals surface area contributed by atoms with Crippen molar-refractivity contribution in [1.29, 1.82) is 0 Å². The quantitative estimate of drug-likeness (QED) is 0.684. The van der Waals surface area contributed by atoms with Gasteiger partial charge in [-0.3, -0.25) is 0 Å². The first-order chi connectivity index (χ1) is 11.5. The summed E-state index contributed by atoms with van der Waals surface area (Å²) in [5.74, 6) is 0.417. The second kappa shape index (κ2) is 9.36. The average Bonchev–Trinajstić information content (AvgIpc) is 3.08. The van der Waals surface area contributed by atoms with Crippen LogP contribution in [-0.4, -0.2) is 42.0 Å². The van der Waals surface area contributed by atoms with Crippen molar-refractivity contribution >= 4 is 23.1 Å². The van der Waals surface area contributed by atoms with Gasteiger partial charge < -0.3 is 20.5 Å². The summed E-state index contributed by atoms with van der Waals surface area (Å²) < 4.78 is 5.33. The summed E-state index contributed by atoms with van der Waals surface area (Å²) in [6.07, 6.45) is 1.04. The van der Waals surface area contributed by atoms with Crippen molar-refractivity contribution < 1.29 is 14.6 Å². The van der Waals surface area contributed by atoms with Crippen LogP contribution in [-0.2, 0) is 4.74 Å². The Morgan fingerprint density at radius 1 is 1.29 bits per heavy atom. The third-order valence-corrected chi connectivity index (χ3v) is 3.90. The van der Waals surface area contributed by atoms with Crippen molar-refractivity contribution in [3.8, 4) is 10.6 Å². The minimum Gasteiger partial charge on any atom is -0.389 e. The molecule has 1 unspecified atom stereocenters. The number of anilines is 1. The molecule has 7 heteroatoms. The van der Waals surface area contributed by atoms with Gasteiger partial charge in [-0.25, -0.2) is 9.78 Å². The van der Waals surface area contributed by atoms with Gasteiger partial charge in [-0.2, -0.15) is 0 Å². The van der Waals surface area contributed by atoms with E-state index in [2.05, 4.69) is 15.6 Å². The second-order valence-corrected chi connectivity index (χ2v) is 6.73. The molecule has 2 rings (SSSR count). The third kappa shape index (κ3) is 6.27. The van der Waals surface area contributed by atoms with Crippen molar-refractivity contribution in [2.24, 2.45) is 5.92 Å². The molecule has 0 radical (unpaired) electrons. The van der Waals surface area contributed by atoms with Crippen molar-refractivity contribution in [2.45, 2.75) is 20.0 Å². The van der Waals surface area contributed by atoms with E-state index >= 15 is 0 Å². The molecule has 3 N–H and O–H groups in total. The highest BCUT2D eigenvalue weighted by Gasteiger charge is 2.08. The van der Waals surface area contributed by atoms with Gasteiger partial charge in [0.25, 0.3) is 0 Å². The second-order valence-electron chi connectivity index (χ2n) is 5.83. The van der Waals surface area contributed by atoms with Gasteiger partial charge in [0.05, 0.1) is 12.7 Å². The van der Waals surface area contributed by atoms with Crippen LogP contribution < -0.4 is 10.6 Å². The van der Waals surface area contributed by atoms with Crippen molar-refractivity contribution in [2.75, 3.05) is 25.1 Å². The molecule has 0 aliphatic carbocycles. The molecular formula is C17H23N3O3S. The zero-order chi connectivity index (χ0) is 17.4. The molecule has 2 aromatic rings. The van der Waals surface area contributed by atoms with Crippen LogP contribution in [0.5, 0.6) is 0 Å². The number of urea groups is 1. The lowest BCUT2D eigenvalue weighted by molar-refractivity contribution is 0.0274. The van der Waals surface area contributed by atoms with Crippen molar-refractivity contribution in [1.82, 2.24) is 10.3 Å². The molecular weight excluding hydrogens is 326 g/mol. The number of amides is 2. The summed E-state index contributed by atoms with van der Waals surface area (Å²) in [6, 6.07) is 7.09. The first-order valence-electron chi connectivity index (χ1n) is 7.85. The summed E-state index contributed by atoms with van der Waals surface area (Å²) in [6.45, 7) is 5.02. The lowest BCUT2D eigenvalue weighted by Gasteiger charge is -2.14. The zero-order valence-electron chi connectivity index (χ0n) is 13.9. The average molecular weight is 349 g/mol. The number of thiazole rings is 1. The van der Waals surface area contributed by atoms with E-state index in [1.54, 1.807) is 17.5 Å². The van der Waals surface area contributed by atoms with Crippen LogP contribution in [0.4, 0.5) is 10.5 Å². The molecule has 0 fully saturated rings. The molecule has 1 atom stereocenters. The first kappa shape index (κ1) is 18.4. The van der Waals surface area contributed by atoms with Crippen molar-refractivity contribution in [3.05, 3.63) is 35.8 Å². The summed E-state index contributed by atoms with van der Waals surface area (Å²) in [5.41, 5.74) is 1.69.